The maximum atomic E-state index is 4.89. The second kappa shape index (κ2) is 10.2. The summed E-state index contributed by atoms with van der Waals surface area (Å²) < 4.78 is 2.37. The third kappa shape index (κ3) is 4.67. The zero-order valence-corrected chi connectivity index (χ0v) is 19.0. The van der Waals surface area contributed by atoms with E-state index < -0.39 is 17.0 Å². The second-order valence-corrected chi connectivity index (χ2v) is 9.06. The Hall–Kier alpha value is -1.64. The van der Waals surface area contributed by atoms with Crippen LogP contribution >= 0.6 is 18.6 Å². The van der Waals surface area contributed by atoms with Gasteiger partial charge in [0, 0.05) is 11.1 Å². The van der Waals surface area contributed by atoms with Gasteiger partial charge in [0.05, 0.1) is 5.52 Å². The zero-order chi connectivity index (χ0) is 19.9. The van der Waals surface area contributed by atoms with Crippen molar-refractivity contribution in [3.8, 4) is 5.69 Å². The van der Waals surface area contributed by atoms with Crippen LogP contribution in [0, 0.1) is 19.9 Å². The van der Waals surface area contributed by atoms with Gasteiger partial charge in [-0.2, -0.15) is 6.08 Å². The third-order valence-corrected chi connectivity index (χ3v) is 4.87. The molecule has 0 amide bonds. The SMILES string of the molecule is Cc1c(C)n(-c2cc3ccccc3[cH-]2)c2ccccc12.[C-]1=CC=CC1.[Cl][Ti][Cl]. The molecule has 1 aliphatic rings. The van der Waals surface area contributed by atoms with Crippen LogP contribution in [0.4, 0.5) is 0 Å². The number of halogens is 2. The van der Waals surface area contributed by atoms with Gasteiger partial charge in [-0.3, -0.25) is 6.08 Å². The summed E-state index contributed by atoms with van der Waals surface area (Å²) in [6, 6.07) is 21.7. The monoisotopic (exact) mass is 441 g/mol. The summed E-state index contributed by atoms with van der Waals surface area (Å²) in [5.41, 5.74) is 5.23. The van der Waals surface area contributed by atoms with Crippen LogP contribution < -0.4 is 0 Å². The van der Waals surface area contributed by atoms with Crippen LogP contribution in [0.1, 0.15) is 17.7 Å². The Morgan fingerprint density at radius 1 is 1.04 bits per heavy atom. The van der Waals surface area contributed by atoms with Crippen LogP contribution in [-0.2, 0) is 17.0 Å². The average Bonchev–Trinajstić information content (AvgIpc) is 3.45. The molecule has 4 heteroatoms. The molecule has 0 unspecified atom stereocenters. The van der Waals surface area contributed by atoms with Gasteiger partial charge in [-0.25, -0.2) is 12.2 Å². The first-order valence-electron chi connectivity index (χ1n) is 9.08. The first-order valence-corrected chi connectivity index (χ1v) is 13.4. The van der Waals surface area contributed by atoms with Gasteiger partial charge < -0.3 is 4.57 Å². The van der Waals surface area contributed by atoms with Crippen molar-refractivity contribution in [3.05, 3.63) is 96.2 Å². The van der Waals surface area contributed by atoms with Gasteiger partial charge in [0.1, 0.15) is 0 Å². The zero-order valence-electron chi connectivity index (χ0n) is 15.9. The number of para-hydroxylation sites is 1. The number of aryl methyl sites for hydroxylation is 1. The molecule has 0 N–H and O–H groups in total. The molecule has 0 atom stereocenters. The molecular formula is C24H21Cl2NTi-2. The van der Waals surface area contributed by atoms with E-state index in [2.05, 4.69) is 91.2 Å². The summed E-state index contributed by atoms with van der Waals surface area (Å²) in [5.74, 6) is 0. The number of benzene rings is 2. The van der Waals surface area contributed by atoms with Crippen LogP contribution in [0.5, 0.6) is 0 Å². The molecule has 4 aromatic rings. The van der Waals surface area contributed by atoms with Crippen molar-refractivity contribution < 1.29 is 17.0 Å². The van der Waals surface area contributed by atoms with Crippen LogP contribution in [-0.4, -0.2) is 4.57 Å². The van der Waals surface area contributed by atoms with Crippen LogP contribution in [0.25, 0.3) is 27.4 Å². The maximum absolute atomic E-state index is 4.89. The quantitative estimate of drug-likeness (QED) is 0.209. The summed E-state index contributed by atoms with van der Waals surface area (Å²) >= 11 is -0.556. The molecule has 0 fully saturated rings. The Balaban J connectivity index is 0.000000238. The molecule has 1 nitrogen and oxygen atoms in total. The van der Waals surface area contributed by atoms with E-state index in [1.807, 2.05) is 12.2 Å². The molecule has 0 saturated heterocycles. The van der Waals surface area contributed by atoms with E-state index in [-0.39, 0.29) is 0 Å². The Morgan fingerprint density at radius 2 is 1.75 bits per heavy atom. The minimum atomic E-state index is -0.556. The Bertz CT molecular complexity index is 1080. The van der Waals surface area contributed by atoms with Crippen LogP contribution in [0.15, 0.2) is 78.9 Å². The molecule has 1 heterocycles. The van der Waals surface area contributed by atoms with Gasteiger partial charge in [-0.1, -0.05) is 24.3 Å². The Morgan fingerprint density at radius 3 is 2.39 bits per heavy atom. The van der Waals surface area contributed by atoms with E-state index in [9.17, 15) is 0 Å². The van der Waals surface area contributed by atoms with Crippen molar-refractivity contribution >= 4 is 40.3 Å². The van der Waals surface area contributed by atoms with Crippen molar-refractivity contribution in [1.82, 2.24) is 4.57 Å². The fraction of sp³-hybridized carbons (Fsp3) is 0.125. The summed E-state index contributed by atoms with van der Waals surface area (Å²) in [5, 5.41) is 3.95. The molecule has 3 aromatic carbocycles. The minimum absolute atomic E-state index is 0.556. The van der Waals surface area contributed by atoms with Crippen molar-refractivity contribution in [2.24, 2.45) is 0 Å². The van der Waals surface area contributed by atoms with E-state index in [0.717, 1.165) is 6.42 Å². The number of aromatic nitrogens is 1. The Kier molecular flexibility index (Phi) is 7.70. The molecule has 0 bridgehead atoms. The molecule has 0 spiro atoms. The molecule has 28 heavy (non-hydrogen) atoms. The van der Waals surface area contributed by atoms with E-state index in [1.54, 1.807) is 0 Å². The first kappa shape index (κ1) is 21.1. The first-order chi connectivity index (χ1) is 13.7. The normalized spacial score (nSPS) is 11.9. The number of hydrogen-bond acceptors (Lipinski definition) is 0. The topological polar surface area (TPSA) is 4.93 Å². The third-order valence-electron chi connectivity index (χ3n) is 4.87. The molecule has 5 rings (SSSR count). The molecular weight excluding hydrogens is 421 g/mol. The van der Waals surface area contributed by atoms with Gasteiger partial charge in [0.25, 0.3) is 0 Å². The fourth-order valence-electron chi connectivity index (χ4n) is 3.47. The van der Waals surface area contributed by atoms with Gasteiger partial charge in [-0.15, -0.1) is 47.5 Å². The van der Waals surface area contributed by atoms with E-state index in [0.29, 0.717) is 0 Å². The average molecular weight is 442 g/mol. The van der Waals surface area contributed by atoms with Gasteiger partial charge in [0.15, 0.2) is 0 Å². The number of hydrogen-bond donors (Lipinski definition) is 0. The second-order valence-electron chi connectivity index (χ2n) is 6.48. The predicted molar refractivity (Wildman–Crippen MR) is 119 cm³/mol. The molecule has 142 valence electrons. The standard InChI is InChI=1S/C19H16N.C5H5.2ClH.Ti/c1-13-14(2)20(19-10-6-5-9-18(13)19)17-11-15-7-3-4-8-16(15)12-17;1-2-4-5-3-1;;;/h3-12H,1-2H3;1-3H,4H2;2*1H;/q2*-1;;;+2/p-2. The van der Waals surface area contributed by atoms with Gasteiger partial charge in [-0.05, 0) is 31.2 Å². The van der Waals surface area contributed by atoms with Crippen molar-refractivity contribution in [2.45, 2.75) is 20.3 Å². The van der Waals surface area contributed by atoms with Crippen molar-refractivity contribution in [3.63, 3.8) is 0 Å². The Labute approximate surface area is 183 Å². The van der Waals surface area contributed by atoms with Gasteiger partial charge >= 0.3 is 35.6 Å². The summed E-state index contributed by atoms with van der Waals surface area (Å²) in [6.07, 6.45) is 10.0. The van der Waals surface area contributed by atoms with Crippen LogP contribution in [0.3, 0.4) is 0 Å². The molecule has 0 radical (unpaired) electrons. The number of allylic oxidation sites excluding steroid dienone is 4. The summed E-state index contributed by atoms with van der Waals surface area (Å²) in [6.45, 7) is 4.41. The van der Waals surface area contributed by atoms with Crippen molar-refractivity contribution in [1.29, 1.82) is 0 Å². The van der Waals surface area contributed by atoms with Gasteiger partial charge in [0.2, 0.25) is 0 Å². The van der Waals surface area contributed by atoms with E-state index in [1.165, 1.54) is 38.6 Å². The molecule has 0 aliphatic heterocycles. The molecule has 1 aromatic heterocycles. The van der Waals surface area contributed by atoms with Crippen LogP contribution in [0.2, 0.25) is 0 Å². The summed E-state index contributed by atoms with van der Waals surface area (Å²) in [7, 11) is 9.78. The fourth-order valence-corrected chi connectivity index (χ4v) is 3.47. The number of nitrogens with zero attached hydrogens (tertiary/aromatic N) is 1. The van der Waals surface area contributed by atoms with E-state index >= 15 is 0 Å². The predicted octanol–water partition coefficient (Wildman–Crippen LogP) is 7.80. The number of rotatable bonds is 1. The molecule has 1 aliphatic carbocycles. The van der Waals surface area contributed by atoms with E-state index in [4.69, 9.17) is 18.6 Å². The van der Waals surface area contributed by atoms with Crippen molar-refractivity contribution in [2.75, 3.05) is 0 Å². The summed E-state index contributed by atoms with van der Waals surface area (Å²) in [4.78, 5) is 0. The number of fused-ring (bicyclic) bond motifs is 2. The molecule has 0 saturated carbocycles.